The SMILES string of the molecule is COC(=O)C[C@H](C(=O)N1CCC[C@H]1c1nc2cc(Br)c(F)cc2[nH]1)C(C)C. The van der Waals surface area contributed by atoms with E-state index in [1.807, 2.05) is 13.8 Å². The van der Waals surface area contributed by atoms with Crippen LogP contribution in [0.5, 0.6) is 0 Å². The molecule has 1 amide bonds. The largest absolute Gasteiger partial charge is 0.469 e. The zero-order valence-corrected chi connectivity index (χ0v) is 17.2. The Bertz CT molecular complexity index is 828. The molecule has 1 aliphatic heterocycles. The van der Waals surface area contributed by atoms with Gasteiger partial charge in [0, 0.05) is 12.6 Å². The maximum atomic E-state index is 13.8. The van der Waals surface area contributed by atoms with Crippen molar-refractivity contribution in [3.05, 3.63) is 28.2 Å². The number of imidazole rings is 1. The number of ether oxygens (including phenoxy) is 1. The van der Waals surface area contributed by atoms with Gasteiger partial charge in [-0.15, -0.1) is 0 Å². The van der Waals surface area contributed by atoms with Gasteiger partial charge in [-0.05, 0) is 40.8 Å². The summed E-state index contributed by atoms with van der Waals surface area (Å²) in [6, 6.07) is 2.82. The van der Waals surface area contributed by atoms with E-state index in [-0.39, 0.29) is 36.1 Å². The van der Waals surface area contributed by atoms with Crippen molar-refractivity contribution >= 4 is 38.8 Å². The molecule has 146 valence electrons. The van der Waals surface area contributed by atoms with Gasteiger partial charge in [0.15, 0.2) is 0 Å². The first kappa shape index (κ1) is 19.8. The van der Waals surface area contributed by atoms with E-state index in [1.165, 1.54) is 13.2 Å². The monoisotopic (exact) mass is 439 g/mol. The lowest BCUT2D eigenvalue weighted by Crippen LogP contribution is -2.39. The van der Waals surface area contributed by atoms with E-state index in [2.05, 4.69) is 25.9 Å². The van der Waals surface area contributed by atoms with Crippen molar-refractivity contribution in [1.29, 1.82) is 0 Å². The van der Waals surface area contributed by atoms with Crippen LogP contribution in [0.15, 0.2) is 16.6 Å². The Morgan fingerprint density at radius 3 is 2.85 bits per heavy atom. The average molecular weight is 440 g/mol. The summed E-state index contributed by atoms with van der Waals surface area (Å²) in [5.41, 5.74) is 1.24. The van der Waals surface area contributed by atoms with Gasteiger partial charge in [0.1, 0.15) is 11.6 Å². The fourth-order valence-electron chi connectivity index (χ4n) is 3.58. The van der Waals surface area contributed by atoms with Gasteiger partial charge in [0.2, 0.25) is 5.91 Å². The van der Waals surface area contributed by atoms with E-state index in [1.54, 1.807) is 11.0 Å². The average Bonchev–Trinajstić information content (AvgIpc) is 3.25. The molecule has 8 heteroatoms. The van der Waals surface area contributed by atoms with Crippen LogP contribution in [-0.2, 0) is 14.3 Å². The van der Waals surface area contributed by atoms with Gasteiger partial charge in [-0.2, -0.15) is 0 Å². The number of H-pyrrole nitrogens is 1. The first-order chi connectivity index (χ1) is 12.8. The topological polar surface area (TPSA) is 75.3 Å². The molecule has 0 bridgehead atoms. The van der Waals surface area contributed by atoms with Gasteiger partial charge in [-0.1, -0.05) is 13.8 Å². The maximum absolute atomic E-state index is 13.8. The summed E-state index contributed by atoms with van der Waals surface area (Å²) in [7, 11) is 1.33. The lowest BCUT2D eigenvalue weighted by molar-refractivity contribution is -0.148. The molecular formula is C19H23BrFN3O3. The number of carbonyl (C=O) groups is 2. The van der Waals surface area contributed by atoms with Crippen molar-refractivity contribution in [3.63, 3.8) is 0 Å². The minimum absolute atomic E-state index is 0.0126. The Morgan fingerprint density at radius 2 is 2.19 bits per heavy atom. The molecule has 2 heterocycles. The van der Waals surface area contributed by atoms with E-state index in [0.29, 0.717) is 27.9 Å². The Labute approximate surface area is 165 Å². The molecule has 0 radical (unpaired) electrons. The third-order valence-corrected chi connectivity index (χ3v) is 5.74. The highest BCUT2D eigenvalue weighted by atomic mass is 79.9. The number of rotatable bonds is 5. The summed E-state index contributed by atoms with van der Waals surface area (Å²) in [6.07, 6.45) is 1.70. The van der Waals surface area contributed by atoms with Gasteiger partial charge in [-0.3, -0.25) is 9.59 Å². The number of aromatic amines is 1. The second-order valence-corrected chi connectivity index (χ2v) is 8.08. The minimum Gasteiger partial charge on any atom is -0.469 e. The first-order valence-electron chi connectivity index (χ1n) is 9.03. The van der Waals surface area contributed by atoms with E-state index >= 15 is 0 Å². The number of fused-ring (bicyclic) bond motifs is 1. The number of carbonyl (C=O) groups excluding carboxylic acids is 2. The number of amides is 1. The molecule has 1 saturated heterocycles. The third kappa shape index (κ3) is 4.00. The standard InChI is InChI=1S/C19H23BrFN3O3/c1-10(2)11(7-17(25)27-3)19(26)24-6-4-5-16(24)18-22-14-8-12(20)13(21)9-15(14)23-18/h8-11,16H,4-7H2,1-3H3,(H,22,23)/t11-,16-/m0/s1. The number of likely N-dealkylation sites (tertiary alicyclic amines) is 1. The zero-order chi connectivity index (χ0) is 19.7. The summed E-state index contributed by atoms with van der Waals surface area (Å²) < 4.78 is 18.9. The molecular weight excluding hydrogens is 417 g/mol. The number of nitrogens with zero attached hydrogens (tertiary/aromatic N) is 2. The van der Waals surface area contributed by atoms with Crippen LogP contribution in [0.25, 0.3) is 11.0 Å². The summed E-state index contributed by atoms with van der Waals surface area (Å²) in [5.74, 6) is -0.593. The lowest BCUT2D eigenvalue weighted by atomic mass is 9.91. The quantitative estimate of drug-likeness (QED) is 0.715. The van der Waals surface area contributed by atoms with Crippen LogP contribution in [0.1, 0.15) is 45.0 Å². The van der Waals surface area contributed by atoms with Crippen LogP contribution in [0.2, 0.25) is 0 Å². The number of nitrogens with one attached hydrogen (secondary N) is 1. The highest BCUT2D eigenvalue weighted by molar-refractivity contribution is 9.10. The minimum atomic E-state index is -0.436. The van der Waals surface area contributed by atoms with E-state index in [9.17, 15) is 14.0 Å². The molecule has 0 spiro atoms. The summed E-state index contributed by atoms with van der Waals surface area (Å²) in [4.78, 5) is 34.4. The van der Waals surface area contributed by atoms with Crippen LogP contribution in [-0.4, -0.2) is 40.4 Å². The summed E-state index contributed by atoms with van der Waals surface area (Å²) >= 11 is 3.17. The predicted molar refractivity (Wildman–Crippen MR) is 102 cm³/mol. The summed E-state index contributed by atoms with van der Waals surface area (Å²) in [6.45, 7) is 4.47. The fraction of sp³-hybridized carbons (Fsp3) is 0.526. The van der Waals surface area contributed by atoms with Crippen LogP contribution < -0.4 is 0 Å². The third-order valence-electron chi connectivity index (χ3n) is 5.13. The summed E-state index contributed by atoms with van der Waals surface area (Å²) in [5, 5.41) is 0. The maximum Gasteiger partial charge on any atom is 0.306 e. The van der Waals surface area contributed by atoms with Gasteiger partial charge in [0.05, 0.1) is 41.0 Å². The second kappa shape index (κ2) is 7.96. The Kier molecular flexibility index (Phi) is 5.83. The lowest BCUT2D eigenvalue weighted by Gasteiger charge is -2.29. The van der Waals surface area contributed by atoms with Gasteiger partial charge in [0.25, 0.3) is 0 Å². The molecule has 1 aliphatic rings. The molecule has 0 aliphatic carbocycles. The Morgan fingerprint density at radius 1 is 1.44 bits per heavy atom. The zero-order valence-electron chi connectivity index (χ0n) is 15.6. The molecule has 1 fully saturated rings. The Hall–Kier alpha value is -1.96. The van der Waals surface area contributed by atoms with Crippen LogP contribution in [0.4, 0.5) is 4.39 Å². The van der Waals surface area contributed by atoms with Crippen molar-refractivity contribution in [1.82, 2.24) is 14.9 Å². The van der Waals surface area contributed by atoms with E-state index in [4.69, 9.17) is 4.74 Å². The first-order valence-corrected chi connectivity index (χ1v) is 9.83. The predicted octanol–water partition coefficient (Wildman–Crippen LogP) is 3.96. The molecule has 2 atom stereocenters. The van der Waals surface area contributed by atoms with Crippen molar-refractivity contribution in [3.8, 4) is 0 Å². The van der Waals surface area contributed by atoms with Crippen LogP contribution in [0.3, 0.4) is 0 Å². The molecule has 0 unspecified atom stereocenters. The molecule has 6 nitrogen and oxygen atoms in total. The Balaban J connectivity index is 1.88. The number of aromatic nitrogens is 2. The van der Waals surface area contributed by atoms with Crippen LogP contribution >= 0.6 is 15.9 Å². The van der Waals surface area contributed by atoms with Gasteiger partial charge >= 0.3 is 5.97 Å². The van der Waals surface area contributed by atoms with Gasteiger partial charge < -0.3 is 14.6 Å². The van der Waals surface area contributed by atoms with Crippen molar-refractivity contribution in [2.24, 2.45) is 11.8 Å². The van der Waals surface area contributed by atoms with Crippen molar-refractivity contribution in [2.75, 3.05) is 13.7 Å². The number of benzene rings is 1. The van der Waals surface area contributed by atoms with E-state index in [0.717, 1.165) is 12.8 Å². The molecule has 3 rings (SSSR count). The number of methoxy groups -OCH3 is 1. The van der Waals surface area contributed by atoms with Crippen molar-refractivity contribution < 1.29 is 18.7 Å². The van der Waals surface area contributed by atoms with Crippen LogP contribution in [0, 0.1) is 17.7 Å². The number of hydrogen-bond acceptors (Lipinski definition) is 4. The van der Waals surface area contributed by atoms with E-state index < -0.39 is 5.92 Å². The van der Waals surface area contributed by atoms with Crippen molar-refractivity contribution in [2.45, 2.75) is 39.2 Å². The fourth-order valence-corrected chi connectivity index (χ4v) is 3.91. The normalized spacial score (nSPS) is 18.3. The molecule has 1 aromatic heterocycles. The molecule has 1 aromatic carbocycles. The highest BCUT2D eigenvalue weighted by Crippen LogP contribution is 2.35. The number of halogens is 2. The molecule has 27 heavy (non-hydrogen) atoms. The smallest absolute Gasteiger partial charge is 0.306 e. The second-order valence-electron chi connectivity index (χ2n) is 7.23. The highest BCUT2D eigenvalue weighted by Gasteiger charge is 2.37. The molecule has 2 aromatic rings. The molecule has 1 N–H and O–H groups in total. The number of hydrogen-bond donors (Lipinski definition) is 1. The van der Waals surface area contributed by atoms with Gasteiger partial charge in [-0.25, -0.2) is 9.37 Å². The number of esters is 1. The molecule has 0 saturated carbocycles.